The molecule has 2 unspecified atom stereocenters. The highest BCUT2D eigenvalue weighted by atomic mass is 31.2. The molecule has 4 heterocycles. The summed E-state index contributed by atoms with van der Waals surface area (Å²) in [5.74, 6) is -2.80. The highest BCUT2D eigenvalue weighted by molar-refractivity contribution is 7.44. The molecule has 0 saturated carbocycles. The lowest BCUT2D eigenvalue weighted by molar-refractivity contribution is -0.870. The first-order valence-electron chi connectivity index (χ1n) is 19.9. The van der Waals surface area contributed by atoms with E-state index in [1.54, 1.807) is 6.08 Å². The zero-order chi connectivity index (χ0) is 42.8. The second-order valence-corrected chi connectivity index (χ2v) is 17.0. The van der Waals surface area contributed by atoms with Crippen molar-refractivity contribution in [2.75, 3.05) is 53.9 Å². The van der Waals surface area contributed by atoms with Gasteiger partial charge in [-0.3, -0.25) is 33.4 Å². The molecule has 0 saturated heterocycles. The Hall–Kier alpha value is -4.29. The van der Waals surface area contributed by atoms with Gasteiger partial charge in [0.05, 0.1) is 34.3 Å². The maximum Gasteiger partial charge on any atom is 0.737 e. The number of hydrogen-bond donors (Lipinski definition) is 4. The van der Waals surface area contributed by atoms with Crippen LogP contribution in [0.3, 0.4) is 0 Å². The third kappa shape index (κ3) is 12.6. The molecule has 0 spiro atoms. The Labute approximate surface area is 338 Å². The molecule has 320 valence electrons. The van der Waals surface area contributed by atoms with Gasteiger partial charge in [0.2, 0.25) is 17.7 Å². The van der Waals surface area contributed by atoms with Crippen LogP contribution in [0.1, 0.15) is 88.6 Å². The summed E-state index contributed by atoms with van der Waals surface area (Å²) in [4.78, 5) is 83.2. The van der Waals surface area contributed by atoms with Gasteiger partial charge in [0.1, 0.15) is 11.8 Å². The van der Waals surface area contributed by atoms with Gasteiger partial charge in [-0.2, -0.15) is 0 Å². The van der Waals surface area contributed by atoms with Crippen molar-refractivity contribution in [2.24, 2.45) is 0 Å². The molecule has 16 nitrogen and oxygen atoms in total. The highest BCUT2D eigenvalue weighted by Crippen LogP contribution is 2.39. The second-order valence-electron chi connectivity index (χ2n) is 15.8. The minimum Gasteiger partial charge on any atom is -0.756 e. The summed E-state index contributed by atoms with van der Waals surface area (Å²) in [5, 5.41) is 7.56. The summed E-state index contributed by atoms with van der Waals surface area (Å²) in [6, 6.07) is 0.350. The molecule has 0 fully saturated rings. The summed E-state index contributed by atoms with van der Waals surface area (Å²) in [6.45, 7) is -0.332. The number of phosphoric acid groups is 1. The Bertz CT molecular complexity index is 1900. The first-order valence-corrected chi connectivity index (χ1v) is 21.4. The molecule has 20 heteroatoms. The van der Waals surface area contributed by atoms with Crippen LogP contribution in [0.4, 0.5) is 8.63 Å². The third-order valence-corrected chi connectivity index (χ3v) is 10.5. The summed E-state index contributed by atoms with van der Waals surface area (Å²) in [7, 11) is 0.900. The number of rotatable bonds is 24. The van der Waals surface area contributed by atoms with E-state index >= 15 is 8.63 Å². The zero-order valence-corrected chi connectivity index (χ0v) is 35.0. The number of imide groups is 1. The molecule has 58 heavy (non-hydrogen) atoms. The van der Waals surface area contributed by atoms with Crippen LogP contribution in [0.25, 0.3) is 6.08 Å². The molecule has 0 aliphatic carbocycles. The number of fused-ring (bicyclic) bond motifs is 2. The lowest BCUT2D eigenvalue weighted by atomic mass is 9.88. The van der Waals surface area contributed by atoms with Gasteiger partial charge in [0.15, 0.2) is 5.70 Å². The standard InChI is InChI=1S/C38H57BF2N7O9P/c1-6-11-27-23-29(13-10-22-48(3,4)5)46-32(27)25-33-28(12-7-2)24-30(47(33)39(46,40)41)15-16-35(50)44-31(26-57-58(54,55)56)38(53)43-19-9-8-14-34(49)42-20-21-45-36(51)17-18-37(45)52/h17-18,23-25,31H,6-16,19-22,26H2,1-5H3,(H4-,42,43,44,49,50,53,54,55,56). The second kappa shape index (κ2) is 20.1. The predicted molar refractivity (Wildman–Crippen MR) is 212 cm³/mol. The first kappa shape index (κ1) is 46.4. The van der Waals surface area contributed by atoms with E-state index in [-0.39, 0.29) is 50.5 Å². The third-order valence-electron chi connectivity index (χ3n) is 10.0. The van der Waals surface area contributed by atoms with E-state index in [1.807, 2.05) is 26.0 Å². The number of carbonyl (C=O) groups excluding carboxylic acids is 5. The Morgan fingerprint density at radius 2 is 1.64 bits per heavy atom. The summed E-state index contributed by atoms with van der Waals surface area (Å²) < 4.78 is 52.7. The van der Waals surface area contributed by atoms with Gasteiger partial charge in [0.25, 0.3) is 19.6 Å². The Balaban J connectivity index is 1.39. The number of nitrogens with zero attached hydrogens (tertiary/aromatic N) is 4. The number of quaternary nitrogens is 1. The molecule has 0 aromatic carbocycles. The van der Waals surface area contributed by atoms with E-state index in [1.165, 1.54) is 4.48 Å². The van der Waals surface area contributed by atoms with Gasteiger partial charge >= 0.3 is 6.97 Å². The minimum atomic E-state index is -5.28. The van der Waals surface area contributed by atoms with E-state index in [0.717, 1.165) is 52.1 Å². The van der Waals surface area contributed by atoms with Gasteiger partial charge in [-0.25, -0.2) is 0 Å². The maximum atomic E-state index is 17.0. The Morgan fingerprint density at radius 1 is 0.948 bits per heavy atom. The fourth-order valence-electron chi connectivity index (χ4n) is 7.32. The van der Waals surface area contributed by atoms with Crippen molar-refractivity contribution in [3.8, 4) is 0 Å². The smallest absolute Gasteiger partial charge is 0.737 e. The lowest BCUT2D eigenvalue weighted by Gasteiger charge is -2.32. The van der Waals surface area contributed by atoms with Crippen LogP contribution in [-0.2, 0) is 45.9 Å². The normalized spacial score (nSPS) is 17.4. The van der Waals surface area contributed by atoms with Gasteiger partial charge in [-0.15, -0.1) is 0 Å². The number of aromatic nitrogens is 1. The van der Waals surface area contributed by atoms with E-state index in [9.17, 15) is 38.3 Å². The van der Waals surface area contributed by atoms with Gasteiger partial charge in [0, 0.05) is 80.9 Å². The molecule has 0 bridgehead atoms. The lowest BCUT2D eigenvalue weighted by Crippen LogP contribution is -2.51. The van der Waals surface area contributed by atoms with Crippen LogP contribution < -0.4 is 20.8 Å². The largest absolute Gasteiger partial charge is 0.756 e. The quantitative estimate of drug-likeness (QED) is 0.0395. The molecular weight excluding hydrogens is 778 g/mol. The molecule has 1 aromatic rings. The van der Waals surface area contributed by atoms with E-state index in [2.05, 4.69) is 41.6 Å². The van der Waals surface area contributed by atoms with Crippen LogP contribution in [0.5, 0.6) is 0 Å². The van der Waals surface area contributed by atoms with E-state index in [0.29, 0.717) is 60.1 Å². The van der Waals surface area contributed by atoms with Gasteiger partial charge in [-0.1, -0.05) is 26.7 Å². The summed E-state index contributed by atoms with van der Waals surface area (Å²) >= 11 is 0. The highest BCUT2D eigenvalue weighted by Gasteiger charge is 2.54. The van der Waals surface area contributed by atoms with E-state index in [4.69, 9.17) is 0 Å². The van der Waals surface area contributed by atoms with Crippen molar-refractivity contribution in [3.63, 3.8) is 0 Å². The fraction of sp³-hybridized carbons (Fsp3) is 0.579. The summed E-state index contributed by atoms with van der Waals surface area (Å²) in [5.41, 5.74) is 3.36. The van der Waals surface area contributed by atoms with Crippen LogP contribution >= 0.6 is 7.82 Å². The van der Waals surface area contributed by atoms with Gasteiger partial charge < -0.3 is 52.3 Å². The van der Waals surface area contributed by atoms with Crippen molar-refractivity contribution in [1.29, 1.82) is 0 Å². The Morgan fingerprint density at radius 3 is 2.28 bits per heavy atom. The van der Waals surface area contributed by atoms with Crippen molar-refractivity contribution in [1.82, 2.24) is 25.3 Å². The molecular formula is C38H57BF2N7O9P. The number of hydrogen-bond acceptors (Lipinski definition) is 8. The molecule has 4 rings (SSSR count). The van der Waals surface area contributed by atoms with Crippen molar-refractivity contribution in [2.45, 2.75) is 90.5 Å². The van der Waals surface area contributed by atoms with Crippen LogP contribution in [0, 0.1) is 0 Å². The number of nitrogens with one attached hydrogen (secondary N) is 3. The maximum absolute atomic E-state index is 17.0. The average Bonchev–Trinajstić information content (AvgIpc) is 3.78. The monoisotopic (exact) mass is 835 g/mol. The van der Waals surface area contributed by atoms with Crippen LogP contribution in [-0.4, -0.2) is 125 Å². The van der Waals surface area contributed by atoms with Crippen LogP contribution in [0.15, 0.2) is 35.6 Å². The molecule has 2 atom stereocenters. The SMILES string of the molecule is CCCC1=CC(CCC(=O)NC(COP(=O)([O-])O)C(=O)NCCCCC(=O)NCCN2C(=O)C=CC2=O)=[N+]2C1=Cc1c(CCC)cc(CCC[N+](C)(C)C)n1[B-]2(F)F. The van der Waals surface area contributed by atoms with Crippen molar-refractivity contribution < 1.29 is 60.4 Å². The van der Waals surface area contributed by atoms with Crippen LogP contribution in [0.2, 0.25) is 0 Å². The first-order chi connectivity index (χ1) is 27.3. The molecule has 4 N–H and O–H groups in total. The molecule has 1 aromatic heterocycles. The van der Waals surface area contributed by atoms with Gasteiger partial charge in [-0.05, 0) is 49.4 Å². The van der Waals surface area contributed by atoms with Crippen molar-refractivity contribution in [3.05, 3.63) is 52.5 Å². The molecule has 5 amide bonds. The Kier molecular flexibility index (Phi) is 16.1. The zero-order valence-electron chi connectivity index (χ0n) is 34.1. The van der Waals surface area contributed by atoms with Crippen molar-refractivity contribution >= 4 is 56.1 Å². The minimum absolute atomic E-state index is 0.0260. The average molecular weight is 836 g/mol. The topological polar surface area (TPSA) is 202 Å². The number of amides is 5. The number of unbranched alkanes of at least 4 members (excludes halogenated alkanes) is 1. The molecule has 0 radical (unpaired) electrons. The number of carbonyl (C=O) groups is 5. The molecule has 3 aliphatic heterocycles. The summed E-state index contributed by atoms with van der Waals surface area (Å²) in [6.07, 6.45) is 10.1. The number of allylic oxidation sites excluding steroid dienone is 2. The number of aryl methyl sites for hydroxylation is 2. The van der Waals surface area contributed by atoms with E-state index < -0.39 is 51.1 Å². The number of halogens is 2. The predicted octanol–water partition coefficient (Wildman–Crippen LogP) is 1.92. The molecule has 3 aliphatic rings. The fourth-order valence-corrected chi connectivity index (χ4v) is 7.66. The number of phosphoric ester groups is 1.